The lowest BCUT2D eigenvalue weighted by Crippen LogP contribution is -2.05. The summed E-state index contributed by atoms with van der Waals surface area (Å²) in [5.74, 6) is 2.66. The van der Waals surface area contributed by atoms with Gasteiger partial charge >= 0.3 is 0 Å². The third-order valence-electron chi connectivity index (χ3n) is 3.10. The smallest absolute Gasteiger partial charge is 0.00419 e. The van der Waals surface area contributed by atoms with Crippen molar-refractivity contribution in [3.05, 3.63) is 0 Å². The molecule has 0 atom stereocenters. The highest BCUT2D eigenvalue weighted by Crippen LogP contribution is 2.28. The Kier molecular flexibility index (Phi) is 13.2. The van der Waals surface area contributed by atoms with E-state index < -0.39 is 0 Å². The van der Waals surface area contributed by atoms with Crippen molar-refractivity contribution in [1.29, 1.82) is 0 Å². The molecule has 0 aliphatic rings. The van der Waals surface area contributed by atoms with Crippen molar-refractivity contribution in [2.75, 3.05) is 11.5 Å². The molecule has 0 aliphatic carbocycles. The lowest BCUT2D eigenvalue weighted by atomic mass is 9.94. The molecule has 0 aromatic rings. The van der Waals surface area contributed by atoms with Crippen molar-refractivity contribution < 1.29 is 0 Å². The van der Waals surface area contributed by atoms with Gasteiger partial charge in [0, 0.05) is 11.5 Å². The van der Waals surface area contributed by atoms with Crippen LogP contribution in [0.25, 0.3) is 0 Å². The van der Waals surface area contributed by atoms with Gasteiger partial charge in [0.15, 0.2) is 0 Å². The Bertz CT molecular complexity index is 161. The van der Waals surface area contributed by atoms with Gasteiger partial charge in [-0.15, -0.1) is 0 Å². The van der Waals surface area contributed by atoms with Crippen molar-refractivity contribution >= 4 is 21.6 Å². The maximum absolute atomic E-state index is 2.33. The lowest BCUT2D eigenvalue weighted by Gasteiger charge is -2.16. The Labute approximate surface area is 124 Å². The van der Waals surface area contributed by atoms with Crippen LogP contribution in [0.5, 0.6) is 0 Å². The average Bonchev–Trinajstić information content (AvgIpc) is 2.29. The normalized spacial score (nSPS) is 12.0. The summed E-state index contributed by atoms with van der Waals surface area (Å²) in [6.45, 7) is 9.28. The first-order valence-electron chi connectivity index (χ1n) is 7.80. The van der Waals surface area contributed by atoms with Crippen LogP contribution >= 0.6 is 21.6 Å². The van der Waals surface area contributed by atoms with E-state index in [2.05, 4.69) is 49.3 Å². The molecule has 0 nitrogen and oxygen atoms in total. The molecule has 0 saturated carbocycles. The van der Waals surface area contributed by atoms with Crippen LogP contribution in [-0.4, -0.2) is 11.5 Å². The van der Waals surface area contributed by atoms with Crippen LogP contribution in [0.2, 0.25) is 0 Å². The second-order valence-electron chi connectivity index (χ2n) is 6.43. The quantitative estimate of drug-likeness (QED) is 0.282. The zero-order valence-corrected chi connectivity index (χ0v) is 14.7. The van der Waals surface area contributed by atoms with Gasteiger partial charge in [0.2, 0.25) is 0 Å². The first kappa shape index (κ1) is 18.7. The second kappa shape index (κ2) is 12.7. The largest absolute Gasteiger partial charge is 0.0942 e. The third kappa shape index (κ3) is 16.7. The lowest BCUT2D eigenvalue weighted by molar-refractivity contribution is 0.402. The van der Waals surface area contributed by atoms with Gasteiger partial charge in [0.1, 0.15) is 0 Å². The van der Waals surface area contributed by atoms with Gasteiger partial charge in [-0.05, 0) is 18.3 Å². The standard InChI is InChI=1S/C16H34S2/c1-5-6-7-8-9-10-11-12-14-17-18-15-13-16(2,3)4/h5-15H2,1-4H3. The molecule has 0 unspecified atom stereocenters. The summed E-state index contributed by atoms with van der Waals surface area (Å²) >= 11 is 0. The highest BCUT2D eigenvalue weighted by molar-refractivity contribution is 8.76. The Balaban J connectivity index is 2.99. The van der Waals surface area contributed by atoms with Crippen LogP contribution in [0.4, 0.5) is 0 Å². The molecule has 18 heavy (non-hydrogen) atoms. The van der Waals surface area contributed by atoms with Crippen molar-refractivity contribution in [2.45, 2.75) is 85.5 Å². The van der Waals surface area contributed by atoms with Crippen LogP contribution in [0.15, 0.2) is 0 Å². The molecule has 0 saturated heterocycles. The van der Waals surface area contributed by atoms with Crippen LogP contribution in [0, 0.1) is 5.41 Å². The molecule has 0 heterocycles. The van der Waals surface area contributed by atoms with Crippen molar-refractivity contribution in [3.63, 3.8) is 0 Å². The highest BCUT2D eigenvalue weighted by Gasteiger charge is 2.08. The topological polar surface area (TPSA) is 0 Å². The van der Waals surface area contributed by atoms with E-state index in [1.807, 2.05) is 0 Å². The monoisotopic (exact) mass is 290 g/mol. The molecule has 0 amide bonds. The van der Waals surface area contributed by atoms with Gasteiger partial charge in [-0.1, -0.05) is 94.2 Å². The minimum atomic E-state index is 0.506. The zero-order valence-electron chi connectivity index (χ0n) is 13.1. The van der Waals surface area contributed by atoms with E-state index in [-0.39, 0.29) is 0 Å². The summed E-state index contributed by atoms with van der Waals surface area (Å²) in [7, 11) is 4.15. The van der Waals surface area contributed by atoms with Crippen LogP contribution in [-0.2, 0) is 0 Å². The molecule has 0 radical (unpaired) electrons. The van der Waals surface area contributed by atoms with E-state index in [9.17, 15) is 0 Å². The van der Waals surface area contributed by atoms with E-state index in [4.69, 9.17) is 0 Å². The summed E-state index contributed by atoms with van der Waals surface area (Å²) in [5, 5.41) is 0. The van der Waals surface area contributed by atoms with E-state index in [1.54, 1.807) is 0 Å². The molecular formula is C16H34S2. The average molecular weight is 291 g/mol. The minimum absolute atomic E-state index is 0.506. The van der Waals surface area contributed by atoms with E-state index in [0.29, 0.717) is 5.41 Å². The van der Waals surface area contributed by atoms with Gasteiger partial charge in [-0.25, -0.2) is 0 Å². The Morgan fingerprint density at radius 1 is 0.667 bits per heavy atom. The van der Waals surface area contributed by atoms with Gasteiger partial charge in [0.25, 0.3) is 0 Å². The molecule has 110 valence electrons. The van der Waals surface area contributed by atoms with Gasteiger partial charge < -0.3 is 0 Å². The first-order valence-corrected chi connectivity index (χ1v) is 10.3. The maximum atomic E-state index is 2.33. The van der Waals surface area contributed by atoms with Crippen LogP contribution in [0.1, 0.15) is 85.5 Å². The molecule has 0 bridgehead atoms. The molecule has 0 spiro atoms. The fourth-order valence-corrected chi connectivity index (χ4v) is 4.32. The number of hydrogen-bond acceptors (Lipinski definition) is 2. The molecule has 2 heteroatoms. The van der Waals surface area contributed by atoms with Crippen LogP contribution < -0.4 is 0 Å². The summed E-state index contributed by atoms with van der Waals surface area (Å²) in [5.41, 5.74) is 0.506. The summed E-state index contributed by atoms with van der Waals surface area (Å²) in [4.78, 5) is 0. The summed E-state index contributed by atoms with van der Waals surface area (Å²) < 4.78 is 0. The predicted octanol–water partition coefficient (Wildman–Crippen LogP) is 6.94. The van der Waals surface area contributed by atoms with Crippen molar-refractivity contribution in [2.24, 2.45) is 5.41 Å². The van der Waals surface area contributed by atoms with Gasteiger partial charge in [0.05, 0.1) is 0 Å². The van der Waals surface area contributed by atoms with Crippen molar-refractivity contribution in [1.82, 2.24) is 0 Å². The molecule has 0 rings (SSSR count). The summed E-state index contributed by atoms with van der Waals surface area (Å²) in [6, 6.07) is 0. The molecular weight excluding hydrogens is 256 g/mol. The van der Waals surface area contributed by atoms with E-state index >= 15 is 0 Å². The summed E-state index contributed by atoms with van der Waals surface area (Å²) in [6.07, 6.45) is 12.8. The van der Waals surface area contributed by atoms with Crippen LogP contribution in [0.3, 0.4) is 0 Å². The van der Waals surface area contributed by atoms with Crippen molar-refractivity contribution in [3.8, 4) is 0 Å². The predicted molar refractivity (Wildman–Crippen MR) is 91.6 cm³/mol. The zero-order chi connectivity index (χ0) is 13.7. The molecule has 0 N–H and O–H groups in total. The maximum Gasteiger partial charge on any atom is 0.00419 e. The SMILES string of the molecule is CCCCCCCCCCSSCCC(C)(C)C. The Morgan fingerprint density at radius 3 is 1.72 bits per heavy atom. The second-order valence-corrected chi connectivity index (χ2v) is 9.13. The highest BCUT2D eigenvalue weighted by atomic mass is 33.1. The number of unbranched alkanes of at least 4 members (excludes halogenated alkanes) is 7. The minimum Gasteiger partial charge on any atom is -0.0942 e. The number of hydrogen-bond donors (Lipinski definition) is 0. The molecule has 0 fully saturated rings. The van der Waals surface area contributed by atoms with E-state index in [0.717, 1.165) is 0 Å². The molecule has 0 aromatic heterocycles. The Hall–Kier alpha value is 0.700. The fraction of sp³-hybridized carbons (Fsp3) is 1.00. The first-order chi connectivity index (χ1) is 8.56. The van der Waals surface area contributed by atoms with Gasteiger partial charge in [-0.3, -0.25) is 0 Å². The molecule has 0 aromatic carbocycles. The fourth-order valence-electron chi connectivity index (χ4n) is 1.76. The van der Waals surface area contributed by atoms with Gasteiger partial charge in [-0.2, -0.15) is 0 Å². The van der Waals surface area contributed by atoms with E-state index in [1.165, 1.54) is 69.3 Å². The molecule has 0 aliphatic heterocycles. The number of rotatable bonds is 12. The third-order valence-corrected chi connectivity index (χ3v) is 5.59. The Morgan fingerprint density at radius 2 is 1.17 bits per heavy atom.